The SMILES string of the molecule is COCCOc1ccc(CNC(=O)C2(CN)CCOCC2)cc1.Cl. The fraction of sp³-hybridized carbons (Fsp3) is 0.588. The molecule has 1 amide bonds. The monoisotopic (exact) mass is 358 g/mol. The number of hydrogen-bond donors (Lipinski definition) is 2. The third kappa shape index (κ3) is 5.63. The number of hydrogen-bond acceptors (Lipinski definition) is 5. The van der Waals surface area contributed by atoms with E-state index >= 15 is 0 Å². The summed E-state index contributed by atoms with van der Waals surface area (Å²) in [6.07, 6.45) is 1.36. The molecule has 24 heavy (non-hydrogen) atoms. The Hall–Kier alpha value is -1.34. The topological polar surface area (TPSA) is 82.8 Å². The lowest BCUT2D eigenvalue weighted by Gasteiger charge is -2.34. The van der Waals surface area contributed by atoms with Gasteiger partial charge in [0.1, 0.15) is 12.4 Å². The van der Waals surface area contributed by atoms with E-state index in [-0.39, 0.29) is 18.3 Å². The highest BCUT2D eigenvalue weighted by Crippen LogP contribution is 2.29. The summed E-state index contributed by atoms with van der Waals surface area (Å²) in [5.41, 5.74) is 6.38. The Labute approximate surface area is 149 Å². The van der Waals surface area contributed by atoms with E-state index in [4.69, 9.17) is 19.9 Å². The van der Waals surface area contributed by atoms with Crippen LogP contribution in [-0.2, 0) is 20.8 Å². The first kappa shape index (κ1) is 20.7. The summed E-state index contributed by atoms with van der Waals surface area (Å²) in [5.74, 6) is 0.809. The highest BCUT2D eigenvalue weighted by Gasteiger charge is 2.38. The number of nitrogens with one attached hydrogen (secondary N) is 1. The fourth-order valence-electron chi connectivity index (χ4n) is 2.60. The second-order valence-electron chi connectivity index (χ2n) is 5.76. The van der Waals surface area contributed by atoms with E-state index in [2.05, 4.69) is 5.32 Å². The third-order valence-electron chi connectivity index (χ3n) is 4.25. The van der Waals surface area contributed by atoms with E-state index in [0.29, 0.717) is 52.4 Å². The number of nitrogens with two attached hydrogens (primary N) is 1. The molecule has 1 aliphatic heterocycles. The van der Waals surface area contributed by atoms with Crippen LogP contribution in [0.5, 0.6) is 5.75 Å². The third-order valence-corrected chi connectivity index (χ3v) is 4.25. The van der Waals surface area contributed by atoms with Crippen LogP contribution in [0.15, 0.2) is 24.3 Å². The minimum Gasteiger partial charge on any atom is -0.491 e. The lowest BCUT2D eigenvalue weighted by Crippen LogP contribution is -2.48. The van der Waals surface area contributed by atoms with Crippen LogP contribution in [0, 0.1) is 5.41 Å². The van der Waals surface area contributed by atoms with Crippen molar-refractivity contribution in [3.63, 3.8) is 0 Å². The van der Waals surface area contributed by atoms with E-state index in [1.807, 2.05) is 24.3 Å². The zero-order valence-corrected chi connectivity index (χ0v) is 14.9. The smallest absolute Gasteiger partial charge is 0.227 e. The van der Waals surface area contributed by atoms with Crippen molar-refractivity contribution in [2.45, 2.75) is 19.4 Å². The maximum Gasteiger partial charge on any atom is 0.227 e. The number of carbonyl (C=O) groups is 1. The van der Waals surface area contributed by atoms with Gasteiger partial charge in [0.25, 0.3) is 0 Å². The van der Waals surface area contributed by atoms with Gasteiger partial charge in [0.05, 0.1) is 12.0 Å². The Kier molecular flexibility index (Phi) is 9.07. The molecule has 1 saturated heterocycles. The van der Waals surface area contributed by atoms with E-state index in [1.165, 1.54) is 0 Å². The zero-order chi connectivity index (χ0) is 16.5. The highest BCUT2D eigenvalue weighted by atomic mass is 35.5. The minimum absolute atomic E-state index is 0. The quantitative estimate of drug-likeness (QED) is 0.688. The molecule has 0 unspecified atom stereocenters. The predicted molar refractivity (Wildman–Crippen MR) is 94.4 cm³/mol. The van der Waals surface area contributed by atoms with Crippen molar-refractivity contribution in [1.82, 2.24) is 5.32 Å². The normalized spacial score (nSPS) is 16.1. The van der Waals surface area contributed by atoms with Crippen LogP contribution in [0.1, 0.15) is 18.4 Å². The fourth-order valence-corrected chi connectivity index (χ4v) is 2.60. The molecule has 6 nitrogen and oxygen atoms in total. The molecule has 0 spiro atoms. The van der Waals surface area contributed by atoms with Crippen molar-refractivity contribution in [3.05, 3.63) is 29.8 Å². The summed E-state index contributed by atoms with van der Waals surface area (Å²) < 4.78 is 15.8. The molecule has 1 aromatic rings. The van der Waals surface area contributed by atoms with Crippen molar-refractivity contribution >= 4 is 18.3 Å². The molecular weight excluding hydrogens is 332 g/mol. The van der Waals surface area contributed by atoms with Crippen molar-refractivity contribution in [3.8, 4) is 5.75 Å². The molecule has 0 bridgehead atoms. The van der Waals surface area contributed by atoms with Gasteiger partial charge in [-0.25, -0.2) is 0 Å². The van der Waals surface area contributed by atoms with E-state index in [0.717, 1.165) is 11.3 Å². The number of methoxy groups -OCH3 is 1. The molecule has 1 aliphatic rings. The molecule has 1 heterocycles. The van der Waals surface area contributed by atoms with Gasteiger partial charge in [-0.15, -0.1) is 12.4 Å². The maximum absolute atomic E-state index is 12.5. The summed E-state index contributed by atoms with van der Waals surface area (Å²) in [7, 11) is 1.64. The maximum atomic E-state index is 12.5. The van der Waals surface area contributed by atoms with Gasteiger partial charge in [-0.05, 0) is 30.5 Å². The van der Waals surface area contributed by atoms with Crippen LogP contribution in [0.3, 0.4) is 0 Å². The van der Waals surface area contributed by atoms with Gasteiger partial charge < -0.3 is 25.3 Å². The Morgan fingerprint density at radius 3 is 2.50 bits per heavy atom. The van der Waals surface area contributed by atoms with Crippen molar-refractivity contribution in [1.29, 1.82) is 0 Å². The summed E-state index contributed by atoms with van der Waals surface area (Å²) in [5, 5.41) is 3.00. The molecule has 0 saturated carbocycles. The molecule has 0 atom stereocenters. The number of carbonyl (C=O) groups excluding carboxylic acids is 1. The summed E-state index contributed by atoms with van der Waals surface area (Å²) in [4.78, 5) is 12.5. The van der Waals surface area contributed by atoms with Gasteiger partial charge in [-0.2, -0.15) is 0 Å². The molecule has 2 rings (SSSR count). The summed E-state index contributed by atoms with van der Waals surface area (Å²) >= 11 is 0. The predicted octanol–water partition coefficient (Wildman–Crippen LogP) is 1.51. The van der Waals surface area contributed by atoms with Crippen LogP contribution in [-0.4, -0.2) is 46.0 Å². The van der Waals surface area contributed by atoms with Gasteiger partial charge in [0.15, 0.2) is 0 Å². The summed E-state index contributed by atoms with van der Waals surface area (Å²) in [6.45, 7) is 3.11. The molecular formula is C17H27ClN2O4. The van der Waals surface area contributed by atoms with Gasteiger partial charge in [-0.1, -0.05) is 12.1 Å². The molecule has 0 aromatic heterocycles. The number of ether oxygens (including phenoxy) is 3. The Morgan fingerprint density at radius 1 is 1.25 bits per heavy atom. The number of halogens is 1. The zero-order valence-electron chi connectivity index (χ0n) is 14.1. The number of amides is 1. The first-order chi connectivity index (χ1) is 11.2. The molecule has 0 radical (unpaired) electrons. The van der Waals surface area contributed by atoms with E-state index in [9.17, 15) is 4.79 Å². The molecule has 136 valence electrons. The standard InChI is InChI=1S/C17H26N2O4.ClH/c1-21-10-11-23-15-4-2-14(3-5-15)12-19-16(20)17(13-18)6-8-22-9-7-17;/h2-5H,6-13,18H2,1H3,(H,19,20);1H. The molecule has 3 N–H and O–H groups in total. The van der Waals surface area contributed by atoms with Gasteiger partial charge in [-0.3, -0.25) is 4.79 Å². The molecule has 1 fully saturated rings. The second-order valence-corrected chi connectivity index (χ2v) is 5.76. The van der Waals surface area contributed by atoms with Crippen LogP contribution in [0.2, 0.25) is 0 Å². The van der Waals surface area contributed by atoms with Gasteiger partial charge in [0.2, 0.25) is 5.91 Å². The highest BCUT2D eigenvalue weighted by molar-refractivity contribution is 5.85. The van der Waals surface area contributed by atoms with Crippen LogP contribution < -0.4 is 15.8 Å². The Morgan fingerprint density at radius 2 is 1.92 bits per heavy atom. The number of benzene rings is 1. The molecule has 0 aliphatic carbocycles. The second kappa shape index (κ2) is 10.5. The van der Waals surface area contributed by atoms with Crippen LogP contribution in [0.25, 0.3) is 0 Å². The largest absolute Gasteiger partial charge is 0.491 e. The van der Waals surface area contributed by atoms with Crippen LogP contribution in [0.4, 0.5) is 0 Å². The average Bonchev–Trinajstić information content (AvgIpc) is 2.61. The number of rotatable bonds is 8. The van der Waals surface area contributed by atoms with Crippen molar-refractivity contribution < 1.29 is 19.0 Å². The van der Waals surface area contributed by atoms with E-state index in [1.54, 1.807) is 7.11 Å². The summed E-state index contributed by atoms with van der Waals surface area (Å²) in [6, 6.07) is 7.68. The van der Waals surface area contributed by atoms with Crippen molar-refractivity contribution in [2.75, 3.05) is 40.1 Å². The van der Waals surface area contributed by atoms with Gasteiger partial charge in [0, 0.05) is 33.4 Å². The van der Waals surface area contributed by atoms with E-state index < -0.39 is 5.41 Å². The first-order valence-electron chi connectivity index (χ1n) is 7.97. The molecule has 7 heteroatoms. The minimum atomic E-state index is -0.485. The Balaban J connectivity index is 0.00000288. The Bertz CT molecular complexity index is 490. The average molecular weight is 359 g/mol. The van der Waals surface area contributed by atoms with Crippen molar-refractivity contribution in [2.24, 2.45) is 11.1 Å². The lowest BCUT2D eigenvalue weighted by molar-refractivity contribution is -0.136. The first-order valence-corrected chi connectivity index (χ1v) is 7.97. The molecule has 1 aromatic carbocycles. The van der Waals surface area contributed by atoms with Gasteiger partial charge >= 0.3 is 0 Å². The van der Waals surface area contributed by atoms with Crippen LogP contribution >= 0.6 is 12.4 Å². The lowest BCUT2D eigenvalue weighted by atomic mass is 9.79.